The first-order chi connectivity index (χ1) is 16.0. The van der Waals surface area contributed by atoms with E-state index in [-0.39, 0.29) is 12.2 Å². The molecule has 2 aromatic carbocycles. The number of carbonyl (C=O) groups is 1. The molecule has 0 saturated carbocycles. The van der Waals surface area contributed by atoms with E-state index in [9.17, 15) is 9.59 Å². The molecule has 3 heterocycles. The van der Waals surface area contributed by atoms with Crippen molar-refractivity contribution in [2.75, 3.05) is 6.61 Å². The number of ether oxygens (including phenoxy) is 1. The quantitative estimate of drug-likeness (QED) is 0.452. The average Bonchev–Trinajstić information content (AvgIpc) is 3.34. The van der Waals surface area contributed by atoms with Crippen molar-refractivity contribution in [1.29, 1.82) is 0 Å². The van der Waals surface area contributed by atoms with Gasteiger partial charge in [0.15, 0.2) is 4.80 Å². The summed E-state index contributed by atoms with van der Waals surface area (Å²) >= 11 is 7.82. The van der Waals surface area contributed by atoms with E-state index in [0.717, 1.165) is 16.5 Å². The molecule has 2 aromatic heterocycles. The summed E-state index contributed by atoms with van der Waals surface area (Å²) in [5, 5.41) is 1.49. The Kier molecular flexibility index (Phi) is 5.52. The number of aromatic nitrogens is 2. The van der Waals surface area contributed by atoms with E-state index in [2.05, 4.69) is 9.98 Å². The van der Waals surface area contributed by atoms with Crippen LogP contribution in [0.3, 0.4) is 0 Å². The summed E-state index contributed by atoms with van der Waals surface area (Å²) in [7, 11) is 0. The van der Waals surface area contributed by atoms with Crippen LogP contribution in [0, 0.1) is 0 Å². The van der Waals surface area contributed by atoms with Crippen LogP contribution in [0.2, 0.25) is 5.02 Å². The van der Waals surface area contributed by atoms with Gasteiger partial charge in [-0.15, -0.1) is 0 Å². The van der Waals surface area contributed by atoms with Crippen molar-refractivity contribution in [1.82, 2.24) is 9.55 Å². The van der Waals surface area contributed by atoms with Gasteiger partial charge < -0.3 is 9.72 Å². The predicted octanol–water partition coefficient (Wildman–Crippen LogP) is 3.93. The lowest BCUT2D eigenvalue weighted by molar-refractivity contribution is -0.139. The van der Waals surface area contributed by atoms with Crippen LogP contribution < -0.4 is 14.9 Å². The summed E-state index contributed by atoms with van der Waals surface area (Å²) in [4.78, 5) is 34.9. The van der Waals surface area contributed by atoms with Gasteiger partial charge in [-0.2, -0.15) is 0 Å². The lowest BCUT2D eigenvalue weighted by Crippen LogP contribution is -2.40. The number of esters is 1. The number of hydrogen-bond donors (Lipinski definition) is 1. The molecule has 1 N–H and O–H groups in total. The number of allylic oxidation sites excluding steroid dienone is 1. The van der Waals surface area contributed by atoms with Crippen LogP contribution in [0.4, 0.5) is 0 Å². The van der Waals surface area contributed by atoms with Crippen LogP contribution in [0.1, 0.15) is 31.0 Å². The van der Waals surface area contributed by atoms with Gasteiger partial charge in [0.1, 0.15) is 6.04 Å². The summed E-state index contributed by atoms with van der Waals surface area (Å²) < 4.78 is 7.38. The molecule has 0 aliphatic carbocycles. The topological polar surface area (TPSA) is 76.4 Å². The molecule has 1 aliphatic rings. The van der Waals surface area contributed by atoms with Crippen LogP contribution in [-0.4, -0.2) is 22.1 Å². The second-order valence-electron chi connectivity index (χ2n) is 7.61. The highest BCUT2D eigenvalue weighted by Gasteiger charge is 2.34. The van der Waals surface area contributed by atoms with Crippen molar-refractivity contribution in [2.24, 2.45) is 4.99 Å². The molecule has 0 radical (unpaired) electrons. The van der Waals surface area contributed by atoms with Gasteiger partial charge in [-0.25, -0.2) is 9.79 Å². The standard InChI is InChI=1S/C25H20ClN3O3S/c1-3-32-24(31)21-14(2)28-25-29(22(21)17-9-4-6-10-18(17)26)23(30)20(33-25)12-15-13-27-19-11-7-5-8-16(15)19/h4-13,22,27H,3H2,1-2H3. The number of para-hydroxylation sites is 1. The number of hydrogen-bond acceptors (Lipinski definition) is 5. The lowest BCUT2D eigenvalue weighted by atomic mass is 9.96. The molecule has 0 amide bonds. The predicted molar refractivity (Wildman–Crippen MR) is 130 cm³/mol. The average molecular weight is 478 g/mol. The van der Waals surface area contributed by atoms with E-state index in [1.54, 1.807) is 24.5 Å². The van der Waals surface area contributed by atoms with Gasteiger partial charge >= 0.3 is 5.97 Å². The molecule has 6 nitrogen and oxygen atoms in total. The maximum absolute atomic E-state index is 13.7. The van der Waals surface area contributed by atoms with Gasteiger partial charge in [0, 0.05) is 27.7 Å². The van der Waals surface area contributed by atoms with E-state index in [1.807, 2.05) is 54.7 Å². The lowest BCUT2D eigenvalue weighted by Gasteiger charge is -2.25. The highest BCUT2D eigenvalue weighted by molar-refractivity contribution is 7.07. The fourth-order valence-electron chi connectivity index (χ4n) is 4.14. The molecule has 1 atom stereocenters. The van der Waals surface area contributed by atoms with Crippen molar-refractivity contribution in [2.45, 2.75) is 19.9 Å². The van der Waals surface area contributed by atoms with Crippen molar-refractivity contribution in [3.8, 4) is 0 Å². The molecule has 33 heavy (non-hydrogen) atoms. The van der Waals surface area contributed by atoms with E-state index >= 15 is 0 Å². The fourth-order valence-corrected chi connectivity index (χ4v) is 5.41. The third kappa shape index (κ3) is 3.63. The number of nitrogens with zero attached hydrogens (tertiary/aromatic N) is 2. The first-order valence-corrected chi connectivity index (χ1v) is 11.7. The molecule has 5 rings (SSSR count). The molecule has 0 bridgehead atoms. The van der Waals surface area contributed by atoms with E-state index in [4.69, 9.17) is 16.3 Å². The molecule has 0 fully saturated rings. The molecular formula is C25H20ClN3O3S. The summed E-state index contributed by atoms with van der Waals surface area (Å²) in [6.07, 6.45) is 3.74. The Morgan fingerprint density at radius 2 is 2.00 bits per heavy atom. The Labute approximate surface area is 198 Å². The van der Waals surface area contributed by atoms with Crippen molar-refractivity contribution >= 4 is 45.9 Å². The molecule has 166 valence electrons. The Morgan fingerprint density at radius 3 is 2.79 bits per heavy atom. The first-order valence-electron chi connectivity index (χ1n) is 10.5. The summed E-state index contributed by atoms with van der Waals surface area (Å²) in [6.45, 7) is 3.72. The van der Waals surface area contributed by atoms with Gasteiger partial charge in [0.2, 0.25) is 0 Å². The third-order valence-electron chi connectivity index (χ3n) is 5.62. The number of aromatic amines is 1. The van der Waals surface area contributed by atoms with E-state index in [1.165, 1.54) is 11.3 Å². The van der Waals surface area contributed by atoms with Gasteiger partial charge in [-0.05, 0) is 37.6 Å². The minimum atomic E-state index is -0.723. The highest BCUT2D eigenvalue weighted by atomic mass is 35.5. The third-order valence-corrected chi connectivity index (χ3v) is 6.95. The first kappa shape index (κ1) is 21.4. The van der Waals surface area contributed by atoms with Crippen LogP contribution in [-0.2, 0) is 9.53 Å². The van der Waals surface area contributed by atoms with Crippen molar-refractivity contribution < 1.29 is 9.53 Å². The molecule has 0 saturated heterocycles. The molecule has 0 spiro atoms. The normalized spacial score (nSPS) is 16.1. The maximum atomic E-state index is 13.7. The van der Waals surface area contributed by atoms with E-state index < -0.39 is 12.0 Å². The molecular weight excluding hydrogens is 458 g/mol. The fraction of sp³-hybridized carbons (Fsp3) is 0.160. The summed E-state index contributed by atoms with van der Waals surface area (Å²) in [5.41, 5.74) is 3.14. The van der Waals surface area contributed by atoms with Crippen LogP contribution >= 0.6 is 22.9 Å². The molecule has 1 aliphatic heterocycles. The minimum Gasteiger partial charge on any atom is -0.463 e. The zero-order chi connectivity index (χ0) is 23.1. The number of fused-ring (bicyclic) bond motifs is 2. The number of carbonyl (C=O) groups excluding carboxylic acids is 1. The van der Waals surface area contributed by atoms with Gasteiger partial charge in [-0.1, -0.05) is 59.3 Å². The number of halogens is 1. The number of benzene rings is 2. The van der Waals surface area contributed by atoms with E-state index in [0.29, 0.717) is 31.2 Å². The van der Waals surface area contributed by atoms with Crippen molar-refractivity contribution in [3.05, 3.63) is 102 Å². The Bertz CT molecular complexity index is 1610. The zero-order valence-corrected chi connectivity index (χ0v) is 19.5. The summed E-state index contributed by atoms with van der Waals surface area (Å²) in [6, 6.07) is 14.4. The SMILES string of the molecule is CCOC(=O)C1=C(C)N=c2sc(=Cc3c[nH]c4ccccc34)c(=O)n2C1c1ccccc1Cl. The minimum absolute atomic E-state index is 0.218. The maximum Gasteiger partial charge on any atom is 0.338 e. The van der Waals surface area contributed by atoms with Crippen LogP contribution in [0.25, 0.3) is 17.0 Å². The Balaban J connectivity index is 1.76. The second-order valence-corrected chi connectivity index (χ2v) is 9.03. The number of H-pyrrole nitrogens is 1. The molecule has 1 unspecified atom stereocenters. The van der Waals surface area contributed by atoms with Crippen LogP contribution in [0.15, 0.2) is 75.8 Å². The number of nitrogens with one attached hydrogen (secondary N) is 1. The Morgan fingerprint density at radius 1 is 1.24 bits per heavy atom. The number of rotatable bonds is 4. The zero-order valence-electron chi connectivity index (χ0n) is 18.0. The Hall–Kier alpha value is -3.42. The number of thiazole rings is 1. The smallest absolute Gasteiger partial charge is 0.338 e. The summed E-state index contributed by atoms with van der Waals surface area (Å²) in [5.74, 6) is -0.505. The van der Waals surface area contributed by atoms with Gasteiger partial charge in [-0.3, -0.25) is 9.36 Å². The molecule has 4 aromatic rings. The monoisotopic (exact) mass is 477 g/mol. The van der Waals surface area contributed by atoms with Gasteiger partial charge in [0.25, 0.3) is 5.56 Å². The molecule has 8 heteroatoms. The van der Waals surface area contributed by atoms with Crippen LogP contribution in [0.5, 0.6) is 0 Å². The largest absolute Gasteiger partial charge is 0.463 e. The van der Waals surface area contributed by atoms with Crippen molar-refractivity contribution in [3.63, 3.8) is 0 Å². The van der Waals surface area contributed by atoms with Gasteiger partial charge in [0.05, 0.1) is 22.4 Å². The highest BCUT2D eigenvalue weighted by Crippen LogP contribution is 2.34. The second kappa shape index (κ2) is 8.50.